The first-order valence-corrected chi connectivity index (χ1v) is 3.53. The molecule has 0 N–H and O–H groups in total. The molecule has 13 heavy (non-hydrogen) atoms. The summed E-state index contributed by atoms with van der Waals surface area (Å²) < 4.78 is 13.6. The number of esters is 1. The molecule has 5 nitrogen and oxygen atoms in total. The maximum Gasteiger partial charge on any atom is 0.333 e. The summed E-state index contributed by atoms with van der Waals surface area (Å²) in [4.78, 5) is 20.3. The van der Waals surface area contributed by atoms with Crippen molar-refractivity contribution < 1.29 is 23.8 Å². The summed E-state index contributed by atoms with van der Waals surface area (Å²) in [6, 6.07) is 0. The highest BCUT2D eigenvalue weighted by atomic mass is 16.6. The van der Waals surface area contributed by atoms with Crippen molar-refractivity contribution in [3.63, 3.8) is 0 Å². The Hall–Kier alpha value is -1.54. The van der Waals surface area contributed by atoms with Gasteiger partial charge in [-0.15, -0.1) is 6.42 Å². The molecule has 0 rings (SSSR count). The molecular formula is C8H10O5. The summed E-state index contributed by atoms with van der Waals surface area (Å²) in [5, 5.41) is 0. The topological polar surface area (TPSA) is 61.8 Å². The van der Waals surface area contributed by atoms with E-state index < -0.39 is 5.97 Å². The van der Waals surface area contributed by atoms with Gasteiger partial charge in [0.2, 0.25) is 0 Å². The van der Waals surface area contributed by atoms with E-state index in [2.05, 4.69) is 15.4 Å². The van der Waals surface area contributed by atoms with Crippen molar-refractivity contribution in [2.24, 2.45) is 0 Å². The SMILES string of the molecule is C#CCOC(=O)COCCOC=O. The van der Waals surface area contributed by atoms with Crippen LogP contribution in [0.3, 0.4) is 0 Å². The number of rotatable bonds is 7. The summed E-state index contributed by atoms with van der Waals surface area (Å²) in [6.07, 6.45) is 4.84. The predicted octanol–water partition coefficient (Wildman–Crippen LogP) is -0.648. The zero-order valence-corrected chi connectivity index (χ0v) is 7.02. The van der Waals surface area contributed by atoms with Crippen molar-refractivity contribution in [3.05, 3.63) is 0 Å². The molecule has 0 amide bonds. The zero-order valence-electron chi connectivity index (χ0n) is 7.02. The van der Waals surface area contributed by atoms with Crippen LogP contribution in [0.1, 0.15) is 0 Å². The quantitative estimate of drug-likeness (QED) is 0.229. The fraction of sp³-hybridized carbons (Fsp3) is 0.500. The number of ether oxygens (including phenoxy) is 3. The molecule has 0 aromatic rings. The fourth-order valence-electron chi connectivity index (χ4n) is 0.474. The van der Waals surface area contributed by atoms with Gasteiger partial charge in [0.1, 0.15) is 13.2 Å². The van der Waals surface area contributed by atoms with Crippen LogP contribution in [0.4, 0.5) is 0 Å². The summed E-state index contributed by atoms with van der Waals surface area (Å²) in [5.41, 5.74) is 0. The Bertz CT molecular complexity index is 193. The average molecular weight is 186 g/mol. The second kappa shape index (κ2) is 8.56. The Morgan fingerprint density at radius 1 is 1.46 bits per heavy atom. The maximum atomic E-state index is 10.7. The highest BCUT2D eigenvalue weighted by molar-refractivity contribution is 5.70. The van der Waals surface area contributed by atoms with Gasteiger partial charge in [0, 0.05) is 0 Å². The highest BCUT2D eigenvalue weighted by Crippen LogP contribution is 1.81. The molecule has 0 spiro atoms. The third kappa shape index (κ3) is 8.37. The predicted molar refractivity (Wildman–Crippen MR) is 42.6 cm³/mol. The molecule has 0 aromatic heterocycles. The Balaban J connectivity index is 3.17. The molecule has 0 heterocycles. The summed E-state index contributed by atoms with van der Waals surface area (Å²) >= 11 is 0. The van der Waals surface area contributed by atoms with E-state index in [0.717, 1.165) is 0 Å². The van der Waals surface area contributed by atoms with Gasteiger partial charge in [0.15, 0.2) is 6.61 Å². The van der Waals surface area contributed by atoms with E-state index >= 15 is 0 Å². The van der Waals surface area contributed by atoms with Gasteiger partial charge in [0.25, 0.3) is 6.47 Å². The lowest BCUT2D eigenvalue weighted by Crippen LogP contribution is -2.15. The van der Waals surface area contributed by atoms with Crippen LogP contribution >= 0.6 is 0 Å². The van der Waals surface area contributed by atoms with Crippen LogP contribution in [0.2, 0.25) is 0 Å². The Labute approximate surface area is 76.0 Å². The van der Waals surface area contributed by atoms with Crippen LogP contribution in [0.5, 0.6) is 0 Å². The minimum Gasteiger partial charge on any atom is -0.465 e. The molecule has 0 saturated heterocycles. The largest absolute Gasteiger partial charge is 0.465 e. The van der Waals surface area contributed by atoms with E-state index in [9.17, 15) is 9.59 Å². The standard InChI is InChI=1S/C8H10O5/c1-2-3-13-8(10)6-11-4-5-12-7-9/h1,7H,3-6H2. The lowest BCUT2D eigenvalue weighted by Gasteiger charge is -2.02. The average Bonchev–Trinajstić information content (AvgIpc) is 2.14. The lowest BCUT2D eigenvalue weighted by atomic mass is 10.7. The van der Waals surface area contributed by atoms with Crippen molar-refractivity contribution in [2.75, 3.05) is 26.4 Å². The molecule has 0 fully saturated rings. The number of terminal acetylenes is 1. The van der Waals surface area contributed by atoms with E-state index in [1.807, 2.05) is 0 Å². The lowest BCUT2D eigenvalue weighted by molar-refractivity contribution is -0.148. The van der Waals surface area contributed by atoms with E-state index in [4.69, 9.17) is 11.2 Å². The maximum absolute atomic E-state index is 10.7. The summed E-state index contributed by atoms with van der Waals surface area (Å²) in [6.45, 7) is 0.326. The first-order chi connectivity index (χ1) is 6.31. The third-order valence-corrected chi connectivity index (χ3v) is 0.950. The second-order valence-electron chi connectivity index (χ2n) is 1.88. The molecule has 0 aliphatic heterocycles. The van der Waals surface area contributed by atoms with Crippen molar-refractivity contribution >= 4 is 12.4 Å². The molecule has 0 saturated carbocycles. The van der Waals surface area contributed by atoms with E-state index in [1.54, 1.807) is 0 Å². The molecular weight excluding hydrogens is 176 g/mol. The molecule has 0 aliphatic carbocycles. The van der Waals surface area contributed by atoms with Gasteiger partial charge in [-0.2, -0.15) is 0 Å². The van der Waals surface area contributed by atoms with Gasteiger partial charge >= 0.3 is 5.97 Å². The Morgan fingerprint density at radius 3 is 2.85 bits per heavy atom. The van der Waals surface area contributed by atoms with E-state index in [-0.39, 0.29) is 26.4 Å². The molecule has 0 aromatic carbocycles. The number of hydrogen-bond acceptors (Lipinski definition) is 5. The van der Waals surface area contributed by atoms with Crippen LogP contribution in [0.15, 0.2) is 0 Å². The molecule has 0 bridgehead atoms. The number of carbonyl (C=O) groups is 2. The molecule has 0 unspecified atom stereocenters. The Morgan fingerprint density at radius 2 is 2.23 bits per heavy atom. The van der Waals surface area contributed by atoms with Crippen molar-refractivity contribution in [2.45, 2.75) is 0 Å². The highest BCUT2D eigenvalue weighted by Gasteiger charge is 2.00. The van der Waals surface area contributed by atoms with Crippen molar-refractivity contribution in [1.29, 1.82) is 0 Å². The minimum absolute atomic E-state index is 0.0625. The van der Waals surface area contributed by atoms with Crippen LogP contribution in [-0.4, -0.2) is 38.9 Å². The third-order valence-electron chi connectivity index (χ3n) is 0.950. The van der Waals surface area contributed by atoms with Gasteiger partial charge in [-0.25, -0.2) is 4.79 Å². The normalized spacial score (nSPS) is 8.54. The zero-order chi connectivity index (χ0) is 9.94. The molecule has 0 atom stereocenters. The van der Waals surface area contributed by atoms with Crippen molar-refractivity contribution in [1.82, 2.24) is 0 Å². The Kier molecular flexibility index (Phi) is 7.54. The van der Waals surface area contributed by atoms with Gasteiger partial charge in [-0.3, -0.25) is 4.79 Å². The van der Waals surface area contributed by atoms with Crippen LogP contribution in [-0.2, 0) is 23.8 Å². The molecule has 0 aliphatic rings. The minimum atomic E-state index is -0.538. The number of carbonyl (C=O) groups excluding carboxylic acids is 2. The van der Waals surface area contributed by atoms with E-state index in [0.29, 0.717) is 6.47 Å². The first-order valence-electron chi connectivity index (χ1n) is 3.53. The molecule has 0 radical (unpaired) electrons. The smallest absolute Gasteiger partial charge is 0.333 e. The first kappa shape index (κ1) is 11.5. The summed E-state index contributed by atoms with van der Waals surface area (Å²) in [5.74, 6) is 1.60. The fourth-order valence-corrected chi connectivity index (χ4v) is 0.474. The van der Waals surface area contributed by atoms with Crippen LogP contribution in [0, 0.1) is 12.3 Å². The van der Waals surface area contributed by atoms with Gasteiger partial charge in [0.05, 0.1) is 6.61 Å². The monoisotopic (exact) mass is 186 g/mol. The second-order valence-corrected chi connectivity index (χ2v) is 1.88. The van der Waals surface area contributed by atoms with Gasteiger partial charge in [-0.05, 0) is 0 Å². The summed E-state index contributed by atoms with van der Waals surface area (Å²) in [7, 11) is 0. The van der Waals surface area contributed by atoms with Crippen LogP contribution in [0.25, 0.3) is 0 Å². The van der Waals surface area contributed by atoms with Crippen molar-refractivity contribution in [3.8, 4) is 12.3 Å². The van der Waals surface area contributed by atoms with Gasteiger partial charge in [-0.1, -0.05) is 5.92 Å². The van der Waals surface area contributed by atoms with E-state index in [1.165, 1.54) is 0 Å². The molecule has 5 heteroatoms. The number of hydrogen-bond donors (Lipinski definition) is 0. The van der Waals surface area contributed by atoms with Gasteiger partial charge < -0.3 is 14.2 Å². The van der Waals surface area contributed by atoms with Crippen LogP contribution < -0.4 is 0 Å². The molecule has 72 valence electrons.